The molecule has 0 saturated carbocycles. The van der Waals surface area contributed by atoms with Gasteiger partial charge in [0.05, 0.1) is 6.61 Å². The molecule has 0 fully saturated rings. The van der Waals surface area contributed by atoms with Crippen molar-refractivity contribution in [1.82, 2.24) is 0 Å². The molecule has 0 spiro atoms. The molecule has 0 aliphatic rings. The summed E-state index contributed by atoms with van der Waals surface area (Å²) in [6.45, 7) is 5.13. The van der Waals surface area contributed by atoms with Crippen LogP contribution in [0.1, 0.15) is 22.3 Å². The third-order valence-corrected chi connectivity index (χ3v) is 3.48. The minimum atomic E-state index is 0.105. The predicted octanol–water partition coefficient (Wildman–Crippen LogP) is 3.43. The van der Waals surface area contributed by atoms with Crippen LogP contribution in [-0.4, -0.2) is 12.2 Å². The fraction of sp³-hybridized carbons (Fsp3) is 0.294. The van der Waals surface area contributed by atoms with Gasteiger partial charge in [0.25, 0.3) is 0 Å². The highest BCUT2D eigenvalue weighted by atomic mass is 16.3. The predicted molar refractivity (Wildman–Crippen MR) is 80.4 cm³/mol. The van der Waals surface area contributed by atoms with Crippen LogP contribution in [0.25, 0.3) is 0 Å². The van der Waals surface area contributed by atoms with E-state index in [1.807, 2.05) is 13.0 Å². The molecule has 0 radical (unpaired) electrons. The molecule has 0 amide bonds. The molecular weight excluding hydrogens is 234 g/mol. The minimum Gasteiger partial charge on any atom is -0.392 e. The van der Waals surface area contributed by atoms with E-state index >= 15 is 0 Å². The Morgan fingerprint density at radius 2 is 1.68 bits per heavy atom. The molecule has 2 rings (SSSR count). The van der Waals surface area contributed by atoms with Gasteiger partial charge in [0, 0.05) is 19.3 Å². The molecule has 1 N–H and O–H groups in total. The van der Waals surface area contributed by atoms with Crippen molar-refractivity contribution in [2.24, 2.45) is 0 Å². The molecule has 2 heteroatoms. The Balaban J connectivity index is 2.13. The molecule has 2 nitrogen and oxygen atoms in total. The molecule has 0 saturated heterocycles. The molecule has 0 bridgehead atoms. The van der Waals surface area contributed by atoms with Gasteiger partial charge < -0.3 is 10.0 Å². The van der Waals surface area contributed by atoms with Gasteiger partial charge in [-0.3, -0.25) is 0 Å². The van der Waals surface area contributed by atoms with Crippen LogP contribution in [0.4, 0.5) is 5.69 Å². The van der Waals surface area contributed by atoms with Gasteiger partial charge in [-0.25, -0.2) is 0 Å². The first kappa shape index (κ1) is 13.6. The molecule has 0 aromatic heterocycles. The highest BCUT2D eigenvalue weighted by Crippen LogP contribution is 2.20. The Labute approximate surface area is 115 Å². The number of aliphatic hydroxyl groups is 1. The average molecular weight is 255 g/mol. The Kier molecular flexibility index (Phi) is 4.23. The normalized spacial score (nSPS) is 10.5. The summed E-state index contributed by atoms with van der Waals surface area (Å²) >= 11 is 0. The number of aliphatic hydroxyl groups excluding tert-OH is 1. The summed E-state index contributed by atoms with van der Waals surface area (Å²) in [5.41, 5.74) is 5.89. The van der Waals surface area contributed by atoms with Gasteiger partial charge in [0.1, 0.15) is 0 Å². The second-order valence-corrected chi connectivity index (χ2v) is 5.11. The molecule has 0 aliphatic heterocycles. The monoisotopic (exact) mass is 255 g/mol. The zero-order valence-electron chi connectivity index (χ0n) is 11.9. The second-order valence-electron chi connectivity index (χ2n) is 5.11. The van der Waals surface area contributed by atoms with E-state index < -0.39 is 0 Å². The van der Waals surface area contributed by atoms with Gasteiger partial charge in [-0.05, 0) is 42.7 Å². The van der Waals surface area contributed by atoms with E-state index in [9.17, 15) is 5.11 Å². The lowest BCUT2D eigenvalue weighted by Gasteiger charge is -2.20. The van der Waals surface area contributed by atoms with Crippen LogP contribution in [0.2, 0.25) is 0 Å². The standard InChI is InChI=1S/C17H21NO/c1-13-4-6-15(7-5-13)11-18(3)17-9-8-16(12-19)14(2)10-17/h4-10,19H,11-12H2,1-3H3. The van der Waals surface area contributed by atoms with Crippen LogP contribution in [0.5, 0.6) is 0 Å². The van der Waals surface area contributed by atoms with Crippen LogP contribution in [0.3, 0.4) is 0 Å². The smallest absolute Gasteiger partial charge is 0.0684 e. The molecule has 100 valence electrons. The van der Waals surface area contributed by atoms with Crippen molar-refractivity contribution in [2.75, 3.05) is 11.9 Å². The van der Waals surface area contributed by atoms with Gasteiger partial charge in [-0.1, -0.05) is 35.9 Å². The first-order valence-corrected chi connectivity index (χ1v) is 6.57. The highest BCUT2D eigenvalue weighted by Gasteiger charge is 2.04. The van der Waals surface area contributed by atoms with Crippen molar-refractivity contribution >= 4 is 5.69 Å². The van der Waals surface area contributed by atoms with Gasteiger partial charge in [0.15, 0.2) is 0 Å². The topological polar surface area (TPSA) is 23.5 Å². The minimum absolute atomic E-state index is 0.105. The molecule has 19 heavy (non-hydrogen) atoms. The zero-order valence-corrected chi connectivity index (χ0v) is 11.9. The SMILES string of the molecule is Cc1ccc(CN(C)c2ccc(CO)c(C)c2)cc1. The summed E-state index contributed by atoms with van der Waals surface area (Å²) < 4.78 is 0. The summed E-state index contributed by atoms with van der Waals surface area (Å²) in [6, 6.07) is 14.8. The van der Waals surface area contributed by atoms with Gasteiger partial charge in [-0.15, -0.1) is 0 Å². The Morgan fingerprint density at radius 1 is 1.00 bits per heavy atom. The number of anilines is 1. The van der Waals surface area contributed by atoms with Crippen LogP contribution in [0.15, 0.2) is 42.5 Å². The molecule has 0 heterocycles. The van der Waals surface area contributed by atoms with E-state index in [-0.39, 0.29) is 6.61 Å². The molecule has 2 aromatic carbocycles. The first-order chi connectivity index (χ1) is 9.10. The maximum atomic E-state index is 9.20. The van der Waals surface area contributed by atoms with Gasteiger partial charge >= 0.3 is 0 Å². The summed E-state index contributed by atoms with van der Waals surface area (Å²) in [4.78, 5) is 2.22. The molecule has 0 unspecified atom stereocenters. The molecular formula is C17H21NO. The Hall–Kier alpha value is -1.80. The number of benzene rings is 2. The average Bonchev–Trinajstić information content (AvgIpc) is 2.41. The van der Waals surface area contributed by atoms with Crippen molar-refractivity contribution in [3.8, 4) is 0 Å². The lowest BCUT2D eigenvalue weighted by molar-refractivity contribution is 0.281. The van der Waals surface area contributed by atoms with E-state index in [1.165, 1.54) is 16.8 Å². The van der Waals surface area contributed by atoms with Crippen LogP contribution >= 0.6 is 0 Å². The van der Waals surface area contributed by atoms with E-state index in [4.69, 9.17) is 0 Å². The quantitative estimate of drug-likeness (QED) is 0.904. The van der Waals surface area contributed by atoms with E-state index in [0.29, 0.717) is 0 Å². The van der Waals surface area contributed by atoms with Crippen molar-refractivity contribution in [1.29, 1.82) is 0 Å². The summed E-state index contributed by atoms with van der Waals surface area (Å²) in [5, 5.41) is 9.20. The Bertz CT molecular complexity index is 546. The number of aryl methyl sites for hydroxylation is 2. The maximum absolute atomic E-state index is 9.20. The third-order valence-electron chi connectivity index (χ3n) is 3.48. The van der Waals surface area contributed by atoms with Gasteiger partial charge in [0.2, 0.25) is 0 Å². The summed E-state index contributed by atoms with van der Waals surface area (Å²) in [5.74, 6) is 0. The molecule has 0 atom stereocenters. The van der Waals surface area contributed by atoms with Crippen LogP contribution in [-0.2, 0) is 13.2 Å². The van der Waals surface area contributed by atoms with Crippen molar-refractivity contribution in [3.63, 3.8) is 0 Å². The fourth-order valence-corrected chi connectivity index (χ4v) is 2.15. The molecule has 2 aromatic rings. The number of nitrogens with zero attached hydrogens (tertiary/aromatic N) is 1. The van der Waals surface area contributed by atoms with E-state index in [0.717, 1.165) is 17.7 Å². The van der Waals surface area contributed by atoms with E-state index in [1.54, 1.807) is 0 Å². The highest BCUT2D eigenvalue weighted by molar-refractivity contribution is 5.50. The zero-order chi connectivity index (χ0) is 13.8. The third kappa shape index (κ3) is 3.36. The first-order valence-electron chi connectivity index (χ1n) is 6.57. The van der Waals surface area contributed by atoms with Crippen LogP contribution < -0.4 is 4.90 Å². The van der Waals surface area contributed by atoms with Crippen molar-refractivity contribution in [3.05, 3.63) is 64.7 Å². The van der Waals surface area contributed by atoms with Crippen molar-refractivity contribution in [2.45, 2.75) is 27.0 Å². The van der Waals surface area contributed by atoms with E-state index in [2.05, 4.69) is 55.3 Å². The molecule has 0 aliphatic carbocycles. The van der Waals surface area contributed by atoms with Crippen LogP contribution in [0, 0.1) is 13.8 Å². The number of hydrogen-bond acceptors (Lipinski definition) is 2. The summed E-state index contributed by atoms with van der Waals surface area (Å²) in [7, 11) is 2.09. The number of rotatable bonds is 4. The largest absolute Gasteiger partial charge is 0.392 e. The lowest BCUT2D eigenvalue weighted by Crippen LogP contribution is -2.16. The fourth-order valence-electron chi connectivity index (χ4n) is 2.15. The van der Waals surface area contributed by atoms with Gasteiger partial charge in [-0.2, -0.15) is 0 Å². The summed E-state index contributed by atoms with van der Waals surface area (Å²) in [6.07, 6.45) is 0. The lowest BCUT2D eigenvalue weighted by atomic mass is 10.1. The number of hydrogen-bond donors (Lipinski definition) is 1. The Morgan fingerprint density at radius 3 is 2.26 bits per heavy atom. The van der Waals surface area contributed by atoms with Crippen molar-refractivity contribution < 1.29 is 5.11 Å². The maximum Gasteiger partial charge on any atom is 0.0684 e. The second kappa shape index (κ2) is 5.89.